The highest BCUT2D eigenvalue weighted by molar-refractivity contribution is 5.29. The van der Waals surface area contributed by atoms with Crippen LogP contribution in [-0.2, 0) is 4.74 Å². The zero-order valence-electron chi connectivity index (χ0n) is 12.3. The van der Waals surface area contributed by atoms with E-state index in [1.807, 2.05) is 7.05 Å². The molecule has 3 unspecified atom stereocenters. The van der Waals surface area contributed by atoms with E-state index in [0.29, 0.717) is 6.04 Å². The molecule has 2 rings (SSSR count). The predicted molar refractivity (Wildman–Crippen MR) is 77.6 cm³/mol. The van der Waals surface area contributed by atoms with E-state index in [-0.39, 0.29) is 18.3 Å². The minimum Gasteiger partial charge on any atom is -0.490 e. The molecule has 0 amide bonds. The average Bonchev–Trinajstić information content (AvgIpc) is 2.37. The fraction of sp³-hybridized carbons (Fsp3) is 0.625. The molecule has 0 spiro atoms. The van der Waals surface area contributed by atoms with Crippen LogP contribution in [0.4, 0.5) is 0 Å². The van der Waals surface area contributed by atoms with E-state index in [2.05, 4.69) is 50.4 Å². The Morgan fingerprint density at radius 1 is 1.16 bits per heavy atom. The summed E-state index contributed by atoms with van der Waals surface area (Å²) in [5.41, 5.74) is 1.28. The summed E-state index contributed by atoms with van der Waals surface area (Å²) in [5, 5.41) is 3.24. The number of ether oxygens (including phenoxy) is 2. The zero-order chi connectivity index (χ0) is 13.8. The molecular formula is C16H25NO2. The van der Waals surface area contributed by atoms with Crippen LogP contribution in [0.25, 0.3) is 0 Å². The fourth-order valence-electron chi connectivity index (χ4n) is 2.63. The van der Waals surface area contributed by atoms with Gasteiger partial charge in [0.15, 0.2) is 0 Å². The Labute approximate surface area is 116 Å². The number of hydrogen-bond donors (Lipinski definition) is 1. The smallest absolute Gasteiger partial charge is 0.119 e. The van der Waals surface area contributed by atoms with Gasteiger partial charge in [-0.2, -0.15) is 0 Å². The number of benzene rings is 1. The van der Waals surface area contributed by atoms with Gasteiger partial charge in [0.25, 0.3) is 0 Å². The van der Waals surface area contributed by atoms with Crippen LogP contribution >= 0.6 is 0 Å². The lowest BCUT2D eigenvalue weighted by atomic mass is 10.0. The van der Waals surface area contributed by atoms with Crippen LogP contribution in [-0.4, -0.2) is 25.4 Å². The summed E-state index contributed by atoms with van der Waals surface area (Å²) >= 11 is 0. The quantitative estimate of drug-likeness (QED) is 0.904. The molecule has 3 heteroatoms. The van der Waals surface area contributed by atoms with Gasteiger partial charge >= 0.3 is 0 Å². The van der Waals surface area contributed by atoms with Crippen molar-refractivity contribution in [2.24, 2.45) is 0 Å². The zero-order valence-corrected chi connectivity index (χ0v) is 12.3. The summed E-state index contributed by atoms with van der Waals surface area (Å²) in [7, 11) is 1.97. The van der Waals surface area contributed by atoms with Crippen LogP contribution in [0.2, 0.25) is 0 Å². The first-order valence-corrected chi connectivity index (χ1v) is 7.17. The lowest BCUT2D eigenvalue weighted by Crippen LogP contribution is -2.35. The van der Waals surface area contributed by atoms with Gasteiger partial charge < -0.3 is 14.8 Å². The van der Waals surface area contributed by atoms with Gasteiger partial charge in [0, 0.05) is 18.9 Å². The third kappa shape index (κ3) is 3.95. The molecule has 1 heterocycles. The highest BCUT2D eigenvalue weighted by atomic mass is 16.5. The van der Waals surface area contributed by atoms with E-state index in [9.17, 15) is 0 Å². The van der Waals surface area contributed by atoms with Gasteiger partial charge in [0.05, 0.1) is 12.2 Å². The third-order valence-corrected chi connectivity index (χ3v) is 3.77. The lowest BCUT2D eigenvalue weighted by Gasteiger charge is -2.32. The Bertz CT molecular complexity index is 380. The van der Waals surface area contributed by atoms with E-state index in [0.717, 1.165) is 18.6 Å². The molecule has 0 bridgehead atoms. The highest BCUT2D eigenvalue weighted by Crippen LogP contribution is 2.25. The van der Waals surface area contributed by atoms with Gasteiger partial charge in [-0.05, 0) is 45.5 Å². The standard InChI is InChI=1S/C16H25NO2/c1-11-9-16(10-12(2)18-11)19-15-7-5-14(6-8-15)13(3)17-4/h5-8,11-13,16-17H,9-10H2,1-4H3. The topological polar surface area (TPSA) is 30.5 Å². The van der Waals surface area contributed by atoms with Gasteiger partial charge in [-0.15, -0.1) is 0 Å². The summed E-state index contributed by atoms with van der Waals surface area (Å²) in [5.74, 6) is 0.957. The first-order valence-electron chi connectivity index (χ1n) is 7.17. The summed E-state index contributed by atoms with van der Waals surface area (Å²) in [6, 6.07) is 8.75. The summed E-state index contributed by atoms with van der Waals surface area (Å²) in [4.78, 5) is 0. The summed E-state index contributed by atoms with van der Waals surface area (Å²) in [6.45, 7) is 6.38. The van der Waals surface area contributed by atoms with Crippen LogP contribution in [0.15, 0.2) is 24.3 Å². The molecule has 19 heavy (non-hydrogen) atoms. The largest absolute Gasteiger partial charge is 0.490 e. The molecule has 106 valence electrons. The first-order chi connectivity index (χ1) is 9.08. The second kappa shape index (κ2) is 6.40. The van der Waals surface area contributed by atoms with E-state index >= 15 is 0 Å². The molecule has 1 aromatic rings. The van der Waals surface area contributed by atoms with Crippen molar-refractivity contribution in [3.8, 4) is 5.75 Å². The van der Waals surface area contributed by atoms with Crippen LogP contribution < -0.4 is 10.1 Å². The third-order valence-electron chi connectivity index (χ3n) is 3.77. The Morgan fingerprint density at radius 2 is 1.74 bits per heavy atom. The molecule has 1 fully saturated rings. The van der Waals surface area contributed by atoms with Crippen molar-refractivity contribution in [1.82, 2.24) is 5.32 Å². The van der Waals surface area contributed by atoms with Crippen molar-refractivity contribution in [3.63, 3.8) is 0 Å². The first kappa shape index (κ1) is 14.4. The maximum absolute atomic E-state index is 6.06. The predicted octanol–water partition coefficient (Wildman–Crippen LogP) is 3.30. The number of hydrogen-bond acceptors (Lipinski definition) is 3. The van der Waals surface area contributed by atoms with E-state index in [4.69, 9.17) is 9.47 Å². The van der Waals surface area contributed by atoms with Gasteiger partial charge in [-0.25, -0.2) is 0 Å². The molecule has 0 radical (unpaired) electrons. The van der Waals surface area contributed by atoms with Crippen LogP contribution in [0, 0.1) is 0 Å². The summed E-state index contributed by atoms with van der Waals surface area (Å²) in [6.07, 6.45) is 2.79. The SMILES string of the molecule is CNC(C)c1ccc(OC2CC(C)OC(C)C2)cc1. The molecule has 0 aliphatic carbocycles. The van der Waals surface area contributed by atoms with Crippen molar-refractivity contribution in [1.29, 1.82) is 0 Å². The van der Waals surface area contributed by atoms with Crippen LogP contribution in [0.5, 0.6) is 5.75 Å². The van der Waals surface area contributed by atoms with E-state index in [1.54, 1.807) is 0 Å². The minimum atomic E-state index is 0.270. The van der Waals surface area contributed by atoms with Gasteiger partial charge in [0.1, 0.15) is 11.9 Å². The van der Waals surface area contributed by atoms with Crippen LogP contribution in [0.3, 0.4) is 0 Å². The Hall–Kier alpha value is -1.06. The maximum Gasteiger partial charge on any atom is 0.119 e. The molecule has 3 atom stereocenters. The van der Waals surface area contributed by atoms with E-state index in [1.165, 1.54) is 5.56 Å². The van der Waals surface area contributed by atoms with E-state index < -0.39 is 0 Å². The average molecular weight is 263 g/mol. The Balaban J connectivity index is 1.95. The molecule has 3 nitrogen and oxygen atoms in total. The summed E-state index contributed by atoms with van der Waals surface area (Å²) < 4.78 is 11.8. The van der Waals surface area contributed by atoms with Gasteiger partial charge in [-0.3, -0.25) is 0 Å². The molecular weight excluding hydrogens is 238 g/mol. The van der Waals surface area contributed by atoms with Crippen molar-refractivity contribution < 1.29 is 9.47 Å². The van der Waals surface area contributed by atoms with Crippen molar-refractivity contribution in [3.05, 3.63) is 29.8 Å². The second-order valence-electron chi connectivity index (χ2n) is 5.55. The molecule has 1 saturated heterocycles. The monoisotopic (exact) mass is 263 g/mol. The molecule has 0 saturated carbocycles. The molecule has 1 aliphatic heterocycles. The Morgan fingerprint density at radius 3 is 2.26 bits per heavy atom. The fourth-order valence-corrected chi connectivity index (χ4v) is 2.63. The maximum atomic E-state index is 6.06. The lowest BCUT2D eigenvalue weighted by molar-refractivity contribution is -0.0721. The highest BCUT2D eigenvalue weighted by Gasteiger charge is 2.25. The van der Waals surface area contributed by atoms with Gasteiger partial charge in [-0.1, -0.05) is 12.1 Å². The number of nitrogens with one attached hydrogen (secondary N) is 1. The molecule has 1 N–H and O–H groups in total. The van der Waals surface area contributed by atoms with Crippen molar-refractivity contribution in [2.45, 2.75) is 58.0 Å². The van der Waals surface area contributed by atoms with Gasteiger partial charge in [0.2, 0.25) is 0 Å². The normalized spacial score (nSPS) is 28.9. The van der Waals surface area contributed by atoms with Crippen molar-refractivity contribution in [2.75, 3.05) is 7.05 Å². The number of rotatable bonds is 4. The second-order valence-corrected chi connectivity index (χ2v) is 5.55. The molecule has 1 aliphatic rings. The minimum absolute atomic E-state index is 0.270. The molecule has 1 aromatic carbocycles. The Kier molecular flexibility index (Phi) is 4.83. The molecule has 0 aromatic heterocycles. The van der Waals surface area contributed by atoms with Crippen LogP contribution in [0.1, 0.15) is 45.2 Å². The van der Waals surface area contributed by atoms with Crippen molar-refractivity contribution >= 4 is 0 Å².